The van der Waals surface area contributed by atoms with Crippen LogP contribution in [0, 0.1) is 35.0 Å². The van der Waals surface area contributed by atoms with Crippen LogP contribution in [0.15, 0.2) is 0 Å². The zero-order valence-corrected chi connectivity index (χ0v) is 7.73. The maximum Gasteiger partial charge on any atom is 0.142 e. The summed E-state index contributed by atoms with van der Waals surface area (Å²) in [4.78, 5) is 11.9. The highest BCUT2D eigenvalue weighted by Gasteiger charge is 2.78. The number of rotatable bonds is 0. The van der Waals surface area contributed by atoms with Crippen molar-refractivity contribution in [2.45, 2.75) is 25.9 Å². The largest absolute Gasteiger partial charge is 0.392 e. The predicted octanol–water partition coefficient (Wildman–Crippen LogP) is 0.838. The van der Waals surface area contributed by atoms with Gasteiger partial charge in [0.1, 0.15) is 5.78 Å². The third kappa shape index (κ3) is 0.456. The van der Waals surface area contributed by atoms with Crippen LogP contribution in [0.1, 0.15) is 19.8 Å². The molecule has 5 fully saturated rings. The normalized spacial score (nSPS) is 71.7. The minimum atomic E-state index is -0.267. The fraction of sp³-hybridized carbons (Fsp3) is 0.909. The molecule has 2 nitrogen and oxygen atoms in total. The van der Waals surface area contributed by atoms with Crippen LogP contribution in [0.4, 0.5) is 0 Å². The van der Waals surface area contributed by atoms with Crippen molar-refractivity contribution in [3.05, 3.63) is 0 Å². The van der Waals surface area contributed by atoms with Crippen molar-refractivity contribution in [2.24, 2.45) is 35.0 Å². The molecule has 0 aliphatic heterocycles. The minimum Gasteiger partial charge on any atom is -0.392 e. The first kappa shape index (κ1) is 6.99. The van der Waals surface area contributed by atoms with Crippen LogP contribution >= 0.6 is 0 Å². The highest BCUT2D eigenvalue weighted by molar-refractivity contribution is 5.91. The van der Waals surface area contributed by atoms with Crippen molar-refractivity contribution in [2.75, 3.05) is 0 Å². The van der Waals surface area contributed by atoms with Gasteiger partial charge in [0.05, 0.1) is 6.10 Å². The lowest BCUT2D eigenvalue weighted by Gasteiger charge is -2.54. The maximum atomic E-state index is 11.9. The highest BCUT2D eigenvalue weighted by Crippen LogP contribution is 2.77. The van der Waals surface area contributed by atoms with Crippen molar-refractivity contribution in [3.8, 4) is 0 Å². The van der Waals surface area contributed by atoms with Crippen LogP contribution in [0.25, 0.3) is 0 Å². The second-order valence-corrected chi connectivity index (χ2v) is 5.79. The van der Waals surface area contributed by atoms with E-state index in [1.54, 1.807) is 0 Å². The number of hydrogen-bond acceptors (Lipinski definition) is 2. The summed E-state index contributed by atoms with van der Waals surface area (Å²) in [6.45, 7) is 2.27. The molecule has 5 aliphatic carbocycles. The van der Waals surface area contributed by atoms with E-state index in [4.69, 9.17) is 0 Å². The van der Waals surface area contributed by atoms with Crippen molar-refractivity contribution in [1.82, 2.24) is 0 Å². The zero-order valence-electron chi connectivity index (χ0n) is 7.73. The first-order chi connectivity index (χ1) is 6.14. The summed E-state index contributed by atoms with van der Waals surface area (Å²) in [6.07, 6.45) is 2.18. The molecule has 6 bridgehead atoms. The first-order valence-electron chi connectivity index (χ1n) is 5.36. The van der Waals surface area contributed by atoms with Gasteiger partial charge in [0.25, 0.3) is 0 Å². The number of hydrogen-bond donors (Lipinski definition) is 1. The Morgan fingerprint density at radius 1 is 1.54 bits per heavy atom. The molecule has 13 heavy (non-hydrogen) atoms. The van der Waals surface area contributed by atoms with Gasteiger partial charge in [0, 0.05) is 11.8 Å². The highest BCUT2D eigenvalue weighted by atomic mass is 16.3. The Morgan fingerprint density at radius 2 is 2.31 bits per heavy atom. The molecule has 7 atom stereocenters. The molecule has 0 heterocycles. The quantitative estimate of drug-likeness (QED) is 0.596. The average molecular weight is 178 g/mol. The van der Waals surface area contributed by atoms with E-state index in [9.17, 15) is 9.90 Å². The number of ketones is 1. The van der Waals surface area contributed by atoms with Gasteiger partial charge in [-0.2, -0.15) is 0 Å². The number of aliphatic hydroxyl groups excluding tert-OH is 1. The summed E-state index contributed by atoms with van der Waals surface area (Å²) >= 11 is 0. The topological polar surface area (TPSA) is 37.3 Å². The lowest BCUT2D eigenvalue weighted by molar-refractivity contribution is -0.145. The van der Waals surface area contributed by atoms with Crippen LogP contribution in [0.3, 0.4) is 0 Å². The SMILES string of the molecule is C[C@]12CC3CC1C1C2C(=O)C3[C@H]1O. The van der Waals surface area contributed by atoms with Gasteiger partial charge in [0.2, 0.25) is 0 Å². The molecular weight excluding hydrogens is 164 g/mol. The first-order valence-corrected chi connectivity index (χ1v) is 5.36. The lowest BCUT2D eigenvalue weighted by Crippen LogP contribution is -2.54. The van der Waals surface area contributed by atoms with Crippen molar-refractivity contribution in [3.63, 3.8) is 0 Å². The molecule has 0 saturated heterocycles. The standard InChI is InChI=1S/C11H14O2/c1-11-3-4-2-5(11)7-8(11)10(13)6(4)9(7)12/h4-9,12H,2-3H2,1H3/t4?,5?,6?,7?,8?,9-,11+/m1/s1. The Kier molecular flexibility index (Phi) is 0.862. The van der Waals surface area contributed by atoms with Crippen molar-refractivity contribution >= 4 is 5.78 Å². The Hall–Kier alpha value is -0.370. The molecule has 5 rings (SSSR count). The molecular formula is C11H14O2. The summed E-state index contributed by atoms with van der Waals surface area (Å²) in [7, 11) is 0. The van der Waals surface area contributed by atoms with E-state index in [1.807, 2.05) is 0 Å². The van der Waals surface area contributed by atoms with Gasteiger partial charge in [0.15, 0.2) is 0 Å². The Balaban J connectivity index is 1.96. The molecule has 0 amide bonds. The Morgan fingerprint density at radius 3 is 3.08 bits per heavy atom. The second-order valence-electron chi connectivity index (χ2n) is 5.79. The third-order valence-corrected chi connectivity index (χ3v) is 5.57. The van der Waals surface area contributed by atoms with E-state index in [2.05, 4.69) is 6.92 Å². The number of aliphatic hydroxyl groups is 1. The molecule has 0 aromatic heterocycles. The lowest BCUT2D eigenvalue weighted by atomic mass is 9.49. The van der Waals surface area contributed by atoms with Crippen LogP contribution in [-0.2, 0) is 4.79 Å². The van der Waals surface area contributed by atoms with Crippen LogP contribution < -0.4 is 0 Å². The molecule has 0 aromatic rings. The molecule has 5 aliphatic rings. The van der Waals surface area contributed by atoms with Crippen LogP contribution in [0.5, 0.6) is 0 Å². The summed E-state index contributed by atoms with van der Waals surface area (Å²) in [6, 6.07) is 0. The maximum absolute atomic E-state index is 11.9. The second kappa shape index (κ2) is 1.60. The van der Waals surface area contributed by atoms with Gasteiger partial charge < -0.3 is 5.11 Å². The molecule has 0 radical (unpaired) electrons. The van der Waals surface area contributed by atoms with Gasteiger partial charge in [-0.05, 0) is 36.0 Å². The van der Waals surface area contributed by atoms with Crippen molar-refractivity contribution in [1.29, 1.82) is 0 Å². The molecule has 1 N–H and O–H groups in total. The van der Waals surface area contributed by atoms with E-state index in [0.29, 0.717) is 29.0 Å². The molecule has 5 unspecified atom stereocenters. The monoisotopic (exact) mass is 178 g/mol. The van der Waals surface area contributed by atoms with E-state index in [0.717, 1.165) is 0 Å². The summed E-state index contributed by atoms with van der Waals surface area (Å²) in [5.74, 6) is 2.28. The minimum absolute atomic E-state index is 0.0434. The van der Waals surface area contributed by atoms with E-state index in [1.165, 1.54) is 12.8 Å². The van der Waals surface area contributed by atoms with Gasteiger partial charge >= 0.3 is 0 Å². The molecule has 70 valence electrons. The van der Waals surface area contributed by atoms with Gasteiger partial charge in [-0.1, -0.05) is 6.92 Å². The predicted molar refractivity (Wildman–Crippen MR) is 45.8 cm³/mol. The zero-order chi connectivity index (χ0) is 8.96. The molecule has 0 spiro atoms. The molecule has 5 saturated carbocycles. The summed E-state index contributed by atoms with van der Waals surface area (Å²) in [5.41, 5.74) is 0.306. The average Bonchev–Trinajstić information content (AvgIpc) is 2.31. The van der Waals surface area contributed by atoms with Crippen LogP contribution in [-0.4, -0.2) is 17.0 Å². The van der Waals surface area contributed by atoms with Gasteiger partial charge in [-0.25, -0.2) is 0 Å². The smallest absolute Gasteiger partial charge is 0.142 e. The van der Waals surface area contributed by atoms with Gasteiger partial charge in [-0.15, -0.1) is 0 Å². The molecule has 2 heteroatoms. The fourth-order valence-corrected chi connectivity index (χ4v) is 5.25. The fourth-order valence-electron chi connectivity index (χ4n) is 5.25. The summed E-state index contributed by atoms with van der Waals surface area (Å²) < 4.78 is 0. The number of Topliss-reactive ketones (excluding diaryl/α,β-unsaturated/α-hetero) is 1. The van der Waals surface area contributed by atoms with E-state index in [-0.39, 0.29) is 17.9 Å². The number of carbonyl (C=O) groups is 1. The van der Waals surface area contributed by atoms with Gasteiger partial charge in [-0.3, -0.25) is 4.79 Å². The summed E-state index contributed by atoms with van der Waals surface area (Å²) in [5, 5.41) is 9.97. The third-order valence-electron chi connectivity index (χ3n) is 5.57. The van der Waals surface area contributed by atoms with E-state index >= 15 is 0 Å². The van der Waals surface area contributed by atoms with Crippen LogP contribution in [0.2, 0.25) is 0 Å². The Labute approximate surface area is 77.3 Å². The van der Waals surface area contributed by atoms with Crippen molar-refractivity contribution < 1.29 is 9.90 Å². The molecule has 0 aromatic carbocycles. The number of carbonyl (C=O) groups excluding carboxylic acids is 1. The van der Waals surface area contributed by atoms with E-state index < -0.39 is 0 Å². The Bertz CT molecular complexity index is 324.